The summed E-state index contributed by atoms with van der Waals surface area (Å²) in [4.78, 5) is 28.9. The molecule has 0 aromatic carbocycles. The van der Waals surface area contributed by atoms with Crippen molar-refractivity contribution in [2.24, 2.45) is 10.2 Å². The first-order valence-electron chi connectivity index (χ1n) is 9.66. The number of H-pyrrole nitrogens is 1. The molecule has 0 spiro atoms. The molecule has 0 aliphatic heterocycles. The Kier molecular flexibility index (Phi) is 5.66. The normalized spacial score (nSPS) is 12.3. The third-order valence-electron chi connectivity index (χ3n) is 4.65. The minimum Gasteiger partial charge on any atom is -0.464 e. The van der Waals surface area contributed by atoms with E-state index in [1.54, 1.807) is 4.52 Å². The number of hydrogen-bond acceptors (Lipinski definition) is 9. The lowest BCUT2D eigenvalue weighted by molar-refractivity contribution is 0.0542. The zero-order valence-electron chi connectivity index (χ0n) is 18.8. The Labute approximate surface area is 178 Å². The Bertz CT molecular complexity index is 1180. The number of esters is 2. The highest BCUT2D eigenvalue weighted by Gasteiger charge is 2.31. The van der Waals surface area contributed by atoms with E-state index in [4.69, 9.17) is 9.47 Å². The number of azo groups is 1. The highest BCUT2D eigenvalue weighted by molar-refractivity contribution is 6.01. The maximum Gasteiger partial charge on any atom is 0.359 e. The molecule has 3 aromatic heterocycles. The molecule has 0 atom stereocenters. The molecule has 0 aliphatic rings. The summed E-state index contributed by atoms with van der Waals surface area (Å²) in [5.41, 5.74) is 1.27. The van der Waals surface area contributed by atoms with E-state index in [0.29, 0.717) is 17.2 Å². The zero-order valence-corrected chi connectivity index (χ0v) is 18.8. The van der Waals surface area contributed by atoms with Gasteiger partial charge in [-0.25, -0.2) is 19.1 Å². The molecule has 0 unspecified atom stereocenters. The van der Waals surface area contributed by atoms with Crippen molar-refractivity contribution in [2.45, 2.75) is 53.0 Å². The highest BCUT2D eigenvalue weighted by atomic mass is 16.5. The molecule has 0 saturated heterocycles. The number of nitrogens with zero attached hydrogens (tertiary/aromatic N) is 7. The van der Waals surface area contributed by atoms with Crippen molar-refractivity contribution >= 4 is 29.2 Å². The highest BCUT2D eigenvalue weighted by Crippen LogP contribution is 2.35. The number of ether oxygens (including phenoxy) is 2. The van der Waals surface area contributed by atoms with Gasteiger partial charge in [-0.2, -0.15) is 0 Å². The second kappa shape index (κ2) is 7.93. The monoisotopic (exact) mass is 430 g/mol. The minimum absolute atomic E-state index is 0.0492. The predicted molar refractivity (Wildman–Crippen MR) is 110 cm³/mol. The molecule has 166 valence electrons. The molecule has 12 nitrogen and oxygen atoms in total. The number of rotatable bonds is 5. The van der Waals surface area contributed by atoms with Gasteiger partial charge in [0.05, 0.1) is 19.9 Å². The van der Waals surface area contributed by atoms with E-state index in [1.165, 1.54) is 18.8 Å². The molecule has 0 saturated carbocycles. The Morgan fingerprint density at radius 2 is 1.71 bits per heavy atom. The first-order chi connectivity index (χ1) is 14.5. The number of imidazole rings is 1. The molecule has 3 aromatic rings. The number of nitrogens with one attached hydrogen (secondary N) is 1. The lowest BCUT2D eigenvalue weighted by atomic mass is 9.91. The fraction of sp³-hybridized carbons (Fsp3) is 0.526. The van der Waals surface area contributed by atoms with Crippen molar-refractivity contribution < 1.29 is 19.1 Å². The van der Waals surface area contributed by atoms with Crippen molar-refractivity contribution in [3.8, 4) is 0 Å². The SMILES string of the molecule is COC(=O)c1nc(N=Nc2c(C(C)(C)C)[nH]n3c(C)nnc23)n(C(C)C)c1C(=O)OC. The first-order valence-corrected chi connectivity index (χ1v) is 9.66. The van der Waals surface area contributed by atoms with Gasteiger partial charge in [-0.05, 0) is 20.8 Å². The number of fused-ring (bicyclic) bond motifs is 1. The average molecular weight is 430 g/mol. The Morgan fingerprint density at radius 1 is 1.06 bits per heavy atom. The molecule has 3 rings (SSSR count). The number of methoxy groups -OCH3 is 2. The van der Waals surface area contributed by atoms with E-state index >= 15 is 0 Å². The van der Waals surface area contributed by atoms with Gasteiger partial charge >= 0.3 is 11.9 Å². The van der Waals surface area contributed by atoms with Crippen LogP contribution >= 0.6 is 0 Å². The van der Waals surface area contributed by atoms with Gasteiger partial charge in [0.2, 0.25) is 5.65 Å². The van der Waals surface area contributed by atoms with Crippen molar-refractivity contribution in [1.82, 2.24) is 29.4 Å². The van der Waals surface area contributed by atoms with Gasteiger partial charge in [0, 0.05) is 11.5 Å². The summed E-state index contributed by atoms with van der Waals surface area (Å²) in [6.07, 6.45) is 0. The minimum atomic E-state index is -0.774. The van der Waals surface area contributed by atoms with E-state index in [1.807, 2.05) is 41.5 Å². The van der Waals surface area contributed by atoms with Gasteiger partial charge in [0.15, 0.2) is 17.1 Å². The number of aromatic amines is 1. The van der Waals surface area contributed by atoms with Crippen LogP contribution in [0.15, 0.2) is 10.2 Å². The Morgan fingerprint density at radius 3 is 2.26 bits per heavy atom. The molecule has 0 bridgehead atoms. The van der Waals surface area contributed by atoms with Crippen LogP contribution in [0, 0.1) is 6.92 Å². The predicted octanol–water partition coefficient (Wildman–Crippen LogP) is 3.43. The summed E-state index contributed by atoms with van der Waals surface area (Å²) in [6.45, 7) is 11.6. The number of hydrogen-bond donors (Lipinski definition) is 1. The third kappa shape index (κ3) is 3.80. The second-order valence-electron chi connectivity index (χ2n) is 8.25. The molecular formula is C19H26N8O4. The third-order valence-corrected chi connectivity index (χ3v) is 4.65. The maximum absolute atomic E-state index is 12.4. The molecular weight excluding hydrogens is 404 g/mol. The van der Waals surface area contributed by atoms with Crippen LogP contribution in [-0.2, 0) is 14.9 Å². The van der Waals surface area contributed by atoms with Gasteiger partial charge in [0.1, 0.15) is 5.82 Å². The van der Waals surface area contributed by atoms with Gasteiger partial charge in [-0.3, -0.25) is 9.67 Å². The van der Waals surface area contributed by atoms with Gasteiger partial charge in [0.25, 0.3) is 5.95 Å². The van der Waals surface area contributed by atoms with Crippen molar-refractivity contribution in [1.29, 1.82) is 0 Å². The number of aryl methyl sites for hydroxylation is 1. The van der Waals surface area contributed by atoms with E-state index in [0.717, 1.165) is 5.69 Å². The molecule has 0 amide bonds. The Balaban J connectivity index is 2.23. The van der Waals surface area contributed by atoms with Crippen molar-refractivity contribution in [2.75, 3.05) is 14.2 Å². The summed E-state index contributed by atoms with van der Waals surface area (Å²) >= 11 is 0. The molecule has 0 radical (unpaired) electrons. The van der Waals surface area contributed by atoms with Crippen LogP contribution in [0.1, 0.15) is 73.2 Å². The van der Waals surface area contributed by atoms with Gasteiger partial charge in [-0.15, -0.1) is 20.4 Å². The van der Waals surface area contributed by atoms with Crippen LogP contribution in [0.5, 0.6) is 0 Å². The molecule has 3 heterocycles. The summed E-state index contributed by atoms with van der Waals surface area (Å²) in [5, 5.41) is 20.2. The van der Waals surface area contributed by atoms with Crippen LogP contribution in [0.3, 0.4) is 0 Å². The second-order valence-corrected chi connectivity index (χ2v) is 8.25. The van der Waals surface area contributed by atoms with Crippen LogP contribution in [0.2, 0.25) is 0 Å². The summed E-state index contributed by atoms with van der Waals surface area (Å²) in [7, 11) is 2.43. The summed E-state index contributed by atoms with van der Waals surface area (Å²) in [6, 6.07) is -0.266. The lowest BCUT2D eigenvalue weighted by Gasteiger charge is -2.16. The van der Waals surface area contributed by atoms with Crippen molar-refractivity contribution in [3.05, 3.63) is 22.9 Å². The van der Waals surface area contributed by atoms with Crippen LogP contribution in [-0.4, -0.2) is 55.5 Å². The fourth-order valence-corrected chi connectivity index (χ4v) is 3.15. The van der Waals surface area contributed by atoms with Crippen LogP contribution in [0.4, 0.5) is 11.6 Å². The topological polar surface area (TPSA) is 141 Å². The zero-order chi connectivity index (χ0) is 23.1. The Hall–Kier alpha value is -3.57. The van der Waals surface area contributed by atoms with Gasteiger partial charge < -0.3 is 9.47 Å². The average Bonchev–Trinajstić information content (AvgIpc) is 3.37. The molecule has 0 fully saturated rings. The largest absolute Gasteiger partial charge is 0.464 e. The lowest BCUT2D eigenvalue weighted by Crippen LogP contribution is -2.17. The van der Waals surface area contributed by atoms with E-state index in [-0.39, 0.29) is 28.8 Å². The quantitative estimate of drug-likeness (QED) is 0.483. The first kappa shape index (κ1) is 22.1. The van der Waals surface area contributed by atoms with Crippen LogP contribution in [0.25, 0.3) is 5.65 Å². The van der Waals surface area contributed by atoms with Crippen LogP contribution < -0.4 is 0 Å². The number of aromatic nitrogens is 6. The van der Waals surface area contributed by atoms with Crippen molar-refractivity contribution in [3.63, 3.8) is 0 Å². The van der Waals surface area contributed by atoms with E-state index < -0.39 is 11.9 Å². The van der Waals surface area contributed by atoms with E-state index in [2.05, 4.69) is 30.5 Å². The molecule has 31 heavy (non-hydrogen) atoms. The van der Waals surface area contributed by atoms with E-state index in [9.17, 15) is 9.59 Å². The number of carbonyl (C=O) groups excluding carboxylic acids is 2. The molecule has 0 aliphatic carbocycles. The summed E-state index contributed by atoms with van der Waals surface area (Å²) < 4.78 is 12.8. The smallest absolute Gasteiger partial charge is 0.359 e. The molecule has 1 N–H and O–H groups in total. The number of carbonyl (C=O) groups is 2. The maximum atomic E-state index is 12.4. The standard InChI is InChI=1S/C19H26N8O4/c1-9(2)26-13(17(29)31-8)11(16(28)30-7)20-18(26)24-22-12-14(19(4,5)6)25-27-10(3)21-23-15(12)27/h9,25H,1-8H3. The van der Waals surface area contributed by atoms with Gasteiger partial charge in [-0.1, -0.05) is 20.8 Å². The summed E-state index contributed by atoms with van der Waals surface area (Å²) in [5.74, 6) is -0.767. The molecule has 12 heteroatoms. The fourth-order valence-electron chi connectivity index (χ4n) is 3.15.